The predicted molar refractivity (Wildman–Crippen MR) is 158 cm³/mol. The lowest BCUT2D eigenvalue weighted by atomic mass is 9.95. The molecule has 1 unspecified atom stereocenters. The maximum atomic E-state index is 13.6. The van der Waals surface area contributed by atoms with Gasteiger partial charge in [-0.2, -0.15) is 10.5 Å². The molecule has 0 bridgehead atoms. The second kappa shape index (κ2) is 12.7. The van der Waals surface area contributed by atoms with Crippen molar-refractivity contribution in [3.63, 3.8) is 0 Å². The lowest BCUT2D eigenvalue weighted by Gasteiger charge is -2.56. The Morgan fingerprint density at radius 3 is 2.55 bits per heavy atom. The zero-order valence-electron chi connectivity index (χ0n) is 23.9. The number of carbonyl (C=O) groups excluding carboxylic acids is 4. The van der Waals surface area contributed by atoms with E-state index in [0.717, 1.165) is 50.9 Å². The Kier molecular flexibility index (Phi) is 9.16. The number of thioether (sulfide) groups is 2. The number of sulfonamides is 1. The van der Waals surface area contributed by atoms with Gasteiger partial charge in [0.15, 0.2) is 11.2 Å². The van der Waals surface area contributed by atoms with Gasteiger partial charge in [0.25, 0.3) is 17.7 Å². The predicted octanol–water partition coefficient (Wildman–Crippen LogP) is -2.98. The number of nitrogens with one attached hydrogen (secondary N) is 3. The number of aliphatic carboxylic acids is 1. The minimum atomic E-state index is -3.98. The van der Waals surface area contributed by atoms with Crippen molar-refractivity contribution in [2.75, 3.05) is 30.9 Å². The van der Waals surface area contributed by atoms with Crippen LogP contribution in [0.15, 0.2) is 26.6 Å². The maximum absolute atomic E-state index is 13.6. The van der Waals surface area contributed by atoms with Crippen molar-refractivity contribution >= 4 is 74.9 Å². The second-order valence-electron chi connectivity index (χ2n) is 9.92. The Hall–Kier alpha value is -4.37. The minimum Gasteiger partial charge on any atom is -0.488 e. The molecular formula is C21H23N11O11S4. The van der Waals surface area contributed by atoms with Crippen LogP contribution in [0.3, 0.4) is 0 Å². The lowest BCUT2D eigenvalue weighted by molar-refractivity contribution is -0.171. The highest BCUT2D eigenvalue weighted by Crippen LogP contribution is 2.45. The summed E-state index contributed by atoms with van der Waals surface area (Å²) in [5, 5.41) is 41.7. The molecule has 3 aliphatic heterocycles. The summed E-state index contributed by atoms with van der Waals surface area (Å²) in [7, 11) is -2.58. The Morgan fingerprint density at radius 1 is 1.23 bits per heavy atom. The Bertz CT molecular complexity index is 1870. The van der Waals surface area contributed by atoms with Crippen LogP contribution in [0.1, 0.15) is 11.7 Å². The van der Waals surface area contributed by atoms with Crippen LogP contribution < -0.4 is 21.7 Å². The number of urea groups is 2. The summed E-state index contributed by atoms with van der Waals surface area (Å²) < 4.78 is 28.9. The molecule has 0 aromatic carbocycles. The van der Waals surface area contributed by atoms with E-state index in [2.05, 4.69) is 30.3 Å². The molecule has 252 valence electrons. The first-order chi connectivity index (χ1) is 22.1. The molecule has 26 heteroatoms. The topological polar surface area (TPSA) is 300 Å². The van der Waals surface area contributed by atoms with Gasteiger partial charge >= 0.3 is 23.6 Å². The Balaban J connectivity index is 1.36. The number of amides is 6. The summed E-state index contributed by atoms with van der Waals surface area (Å²) in [5.74, 6) is -4.62. The third-order valence-electron chi connectivity index (χ3n) is 6.96. The number of carboxylic acids is 1. The molecule has 6 amide bonds. The molecule has 47 heavy (non-hydrogen) atoms. The van der Waals surface area contributed by atoms with Crippen molar-refractivity contribution in [3.05, 3.63) is 32.7 Å². The van der Waals surface area contributed by atoms with Crippen molar-refractivity contribution in [1.82, 2.24) is 54.6 Å². The maximum Gasteiger partial charge on any atom is 0.352 e. The number of aromatic nitrogens is 5. The van der Waals surface area contributed by atoms with Crippen LogP contribution in [-0.4, -0.2) is 134 Å². The molecule has 6 N–H and O–H groups in total. The Labute approximate surface area is 275 Å². The first-order valence-electron chi connectivity index (χ1n) is 12.9. The first-order valence-corrected chi connectivity index (χ1v) is 17.6. The summed E-state index contributed by atoms with van der Waals surface area (Å²) in [4.78, 5) is 81.8. The van der Waals surface area contributed by atoms with E-state index in [0.29, 0.717) is 9.21 Å². The monoisotopic (exact) mass is 733 g/mol. The average molecular weight is 734 g/mol. The highest BCUT2D eigenvalue weighted by atomic mass is 32.2. The number of rotatable bonds is 10. The van der Waals surface area contributed by atoms with E-state index < -0.39 is 74.1 Å². The number of fused-ring (bicyclic) bond motifs is 1. The molecule has 2 fully saturated rings. The van der Waals surface area contributed by atoms with Gasteiger partial charge in [0, 0.05) is 23.9 Å². The van der Waals surface area contributed by atoms with Crippen LogP contribution in [0.4, 0.5) is 9.59 Å². The number of imide groups is 1. The zero-order chi connectivity index (χ0) is 34.4. The number of carboxylic acid groups (broad SMARTS) is 1. The average Bonchev–Trinajstić information content (AvgIpc) is 3.69. The molecule has 22 nitrogen and oxygen atoms in total. The number of aromatic hydroxyl groups is 1. The quantitative estimate of drug-likeness (QED) is 0.0614. The third kappa shape index (κ3) is 6.09. The molecule has 2 aromatic heterocycles. The van der Waals surface area contributed by atoms with Crippen molar-refractivity contribution in [3.8, 4) is 5.88 Å². The van der Waals surface area contributed by atoms with Gasteiger partial charge in [-0.15, -0.1) is 22.0 Å². The van der Waals surface area contributed by atoms with Gasteiger partial charge < -0.3 is 26.1 Å². The SMILES string of the molecule is Cn1nc(O)c(=O)nc1SCC1=C(C(=O)O)N2C(=O)[C@@](NO)(NC(=O)C(NC(=O)N3CCN(S(C)(=O)=O)C3=O)c3csnn3)[C@H]2SC1. The van der Waals surface area contributed by atoms with E-state index in [1.165, 1.54) is 12.4 Å². The van der Waals surface area contributed by atoms with Gasteiger partial charge in [-0.05, 0) is 17.1 Å². The number of aryl methyl sites for hydroxylation is 1. The van der Waals surface area contributed by atoms with Gasteiger partial charge in [0.2, 0.25) is 15.7 Å². The van der Waals surface area contributed by atoms with Crippen molar-refractivity contribution in [2.24, 2.45) is 7.05 Å². The van der Waals surface area contributed by atoms with Crippen molar-refractivity contribution in [1.29, 1.82) is 0 Å². The fourth-order valence-corrected chi connectivity index (χ4v) is 8.48. The van der Waals surface area contributed by atoms with Crippen molar-refractivity contribution in [2.45, 2.75) is 22.2 Å². The minimum absolute atomic E-state index is 0.0219. The summed E-state index contributed by atoms with van der Waals surface area (Å²) in [5.41, 5.74) is -1.86. The van der Waals surface area contributed by atoms with Crippen LogP contribution >= 0.6 is 35.1 Å². The molecule has 0 spiro atoms. The number of hydroxylamine groups is 1. The smallest absolute Gasteiger partial charge is 0.352 e. The summed E-state index contributed by atoms with van der Waals surface area (Å²) in [6.07, 6.45) is 0.785. The third-order valence-corrected chi connectivity index (χ3v) is 11.1. The van der Waals surface area contributed by atoms with Crippen LogP contribution in [0.2, 0.25) is 0 Å². The van der Waals surface area contributed by atoms with E-state index in [4.69, 9.17) is 0 Å². The number of hydrogen-bond acceptors (Lipinski definition) is 18. The largest absolute Gasteiger partial charge is 0.488 e. The molecule has 3 atom stereocenters. The standard InChI is InChI=1S/C21H23N11O11S4/c1-29-19(23-13(34)14(35)26-29)45-6-8-5-44-17-21(27-41,16(38)32(17)11(8)15(36)37)24-12(33)10(9-7-46-28-25-9)22-18(39)30-3-4-31(20(30)40)47(2,42)43/h7,10,17,27,41H,3-6H2,1-2H3,(H,22,39)(H,24,33)(H,26,35)(H,36,37)/t10?,17-,21+/m1/s1. The molecular weight excluding hydrogens is 711 g/mol. The van der Waals surface area contributed by atoms with Gasteiger partial charge in [0.05, 0.1) is 19.3 Å². The number of nitrogens with zero attached hydrogens (tertiary/aromatic N) is 8. The molecule has 0 radical (unpaired) electrons. The van der Waals surface area contributed by atoms with E-state index in [9.17, 15) is 52.6 Å². The fourth-order valence-electron chi connectivity index (χ4n) is 4.74. The normalized spacial score (nSPS) is 21.8. The van der Waals surface area contributed by atoms with Crippen LogP contribution in [0, 0.1) is 0 Å². The Morgan fingerprint density at radius 2 is 1.96 bits per heavy atom. The molecule has 3 aliphatic rings. The lowest BCUT2D eigenvalue weighted by Crippen LogP contribution is -2.85. The van der Waals surface area contributed by atoms with Gasteiger partial charge in [-0.3, -0.25) is 19.3 Å². The van der Waals surface area contributed by atoms with Crippen LogP contribution in [-0.2, 0) is 31.5 Å². The van der Waals surface area contributed by atoms with Crippen LogP contribution in [0.25, 0.3) is 0 Å². The summed E-state index contributed by atoms with van der Waals surface area (Å²) in [6.45, 7) is -0.641. The van der Waals surface area contributed by atoms with E-state index >= 15 is 0 Å². The van der Waals surface area contributed by atoms with E-state index in [1.54, 1.807) is 5.48 Å². The van der Waals surface area contributed by atoms with Crippen LogP contribution in [0.5, 0.6) is 5.88 Å². The van der Waals surface area contributed by atoms with Gasteiger partial charge in [-0.1, -0.05) is 16.3 Å². The zero-order valence-corrected chi connectivity index (χ0v) is 27.1. The molecule has 0 saturated carbocycles. The van der Waals surface area contributed by atoms with Crippen molar-refractivity contribution < 1.29 is 47.8 Å². The van der Waals surface area contributed by atoms with E-state index in [1.807, 2.05) is 0 Å². The van der Waals surface area contributed by atoms with E-state index in [-0.39, 0.29) is 41.0 Å². The number of β-lactam (4-membered cyclic amide) rings is 1. The molecule has 0 aliphatic carbocycles. The molecule has 5 rings (SSSR count). The summed E-state index contributed by atoms with van der Waals surface area (Å²) in [6, 6.07) is -4.02. The van der Waals surface area contributed by atoms with Gasteiger partial charge in [0.1, 0.15) is 16.8 Å². The number of hydrogen-bond donors (Lipinski definition) is 6. The first kappa shape index (κ1) is 34.0. The summed E-state index contributed by atoms with van der Waals surface area (Å²) >= 11 is 2.69. The number of carbonyl (C=O) groups is 5. The van der Waals surface area contributed by atoms with Gasteiger partial charge in [-0.25, -0.2) is 36.7 Å². The molecule has 2 aromatic rings. The highest BCUT2D eigenvalue weighted by Gasteiger charge is 2.66. The highest BCUT2D eigenvalue weighted by molar-refractivity contribution is 8.01. The second-order valence-corrected chi connectivity index (χ2v) is 14.4. The fraction of sp³-hybridized carbons (Fsp3) is 0.429. The molecule has 2 saturated heterocycles. The molecule has 5 heterocycles.